The molecule has 2 aliphatic rings. The number of aromatic nitrogens is 3. The number of nitrogens with one attached hydrogen (secondary N) is 2. The molecule has 1 fully saturated rings. The molecule has 0 amide bonds. The molecule has 6 nitrogen and oxygen atoms in total. The summed E-state index contributed by atoms with van der Waals surface area (Å²) in [7, 11) is 0. The molecule has 2 aromatic rings. The molecule has 1 atom stereocenters. The highest BCUT2D eigenvalue weighted by Crippen LogP contribution is 2.45. The van der Waals surface area contributed by atoms with Crippen LogP contribution in [0.25, 0.3) is 16.7 Å². The van der Waals surface area contributed by atoms with E-state index in [2.05, 4.69) is 26.6 Å². The molecule has 4 rings (SSSR count). The summed E-state index contributed by atoms with van der Waals surface area (Å²) >= 11 is 6.00. The van der Waals surface area contributed by atoms with Gasteiger partial charge in [0.2, 0.25) is 0 Å². The molecule has 0 saturated heterocycles. The average Bonchev–Trinajstić information content (AvgIpc) is 3.29. The predicted octanol–water partition coefficient (Wildman–Crippen LogP) is 2.37. The van der Waals surface area contributed by atoms with E-state index in [0.29, 0.717) is 33.0 Å². The maximum atomic E-state index is 14.4. The minimum atomic E-state index is -0.983. The molecule has 116 valence electrons. The van der Waals surface area contributed by atoms with Crippen LogP contribution in [0.3, 0.4) is 0 Å². The van der Waals surface area contributed by atoms with Gasteiger partial charge in [-0.15, -0.1) is 0 Å². The highest BCUT2D eigenvalue weighted by molar-refractivity contribution is 6.31. The van der Waals surface area contributed by atoms with Gasteiger partial charge in [0.05, 0.1) is 22.0 Å². The zero-order valence-corrected chi connectivity index (χ0v) is 12.7. The van der Waals surface area contributed by atoms with Gasteiger partial charge >= 0.3 is 0 Å². The first-order valence-electron chi connectivity index (χ1n) is 7.16. The Morgan fingerprint density at radius 1 is 1.43 bits per heavy atom. The van der Waals surface area contributed by atoms with E-state index in [4.69, 9.17) is 17.3 Å². The summed E-state index contributed by atoms with van der Waals surface area (Å²) in [5, 5.41) is 20.5. The van der Waals surface area contributed by atoms with E-state index in [1.165, 1.54) is 6.20 Å². The van der Waals surface area contributed by atoms with Gasteiger partial charge in [-0.25, -0.2) is 9.37 Å². The molecule has 8 heteroatoms. The molecule has 1 unspecified atom stereocenters. The minimum absolute atomic E-state index is 0.0590. The van der Waals surface area contributed by atoms with Gasteiger partial charge in [-0.1, -0.05) is 11.6 Å². The number of pyridine rings is 1. The average molecular weight is 331 g/mol. The summed E-state index contributed by atoms with van der Waals surface area (Å²) in [4.78, 5) is 4.12. The normalized spacial score (nSPS) is 21.6. The number of rotatable bonds is 2. The number of H-pyrrole nitrogens is 1. The molecular formula is C15H12ClFN6. The summed E-state index contributed by atoms with van der Waals surface area (Å²) in [5.41, 5.74) is 7.97. The fourth-order valence-electron chi connectivity index (χ4n) is 2.86. The number of halogens is 2. The zero-order chi connectivity index (χ0) is 16.1. The van der Waals surface area contributed by atoms with Crippen molar-refractivity contribution >= 4 is 28.3 Å². The Morgan fingerprint density at radius 3 is 2.91 bits per heavy atom. The molecule has 0 bridgehead atoms. The summed E-state index contributed by atoms with van der Waals surface area (Å²) in [6.45, 7) is 0. The van der Waals surface area contributed by atoms with Crippen LogP contribution in [0, 0.1) is 17.2 Å². The Hall–Kier alpha value is -2.43. The van der Waals surface area contributed by atoms with E-state index in [0.717, 1.165) is 12.8 Å². The van der Waals surface area contributed by atoms with Gasteiger partial charge in [0, 0.05) is 17.2 Å². The third kappa shape index (κ3) is 2.19. The van der Waals surface area contributed by atoms with Crippen molar-refractivity contribution in [3.8, 4) is 6.07 Å². The first kappa shape index (κ1) is 14.2. The fraction of sp³-hybridized carbons (Fsp3) is 0.267. The van der Waals surface area contributed by atoms with Gasteiger partial charge in [-0.2, -0.15) is 10.4 Å². The second-order valence-electron chi connectivity index (χ2n) is 5.64. The Balaban J connectivity index is 1.96. The molecule has 1 aliphatic heterocycles. The fourth-order valence-corrected chi connectivity index (χ4v) is 3.02. The van der Waals surface area contributed by atoms with Crippen molar-refractivity contribution in [1.29, 1.82) is 5.26 Å². The van der Waals surface area contributed by atoms with Crippen LogP contribution >= 0.6 is 11.6 Å². The first-order valence-corrected chi connectivity index (χ1v) is 7.54. The van der Waals surface area contributed by atoms with E-state index in [1.54, 1.807) is 6.07 Å². The van der Waals surface area contributed by atoms with Crippen LogP contribution in [-0.2, 0) is 0 Å². The summed E-state index contributed by atoms with van der Waals surface area (Å²) < 4.78 is 14.4. The largest absolute Gasteiger partial charge is 0.361 e. The number of nitrogens with two attached hydrogens (primary N) is 1. The van der Waals surface area contributed by atoms with Crippen molar-refractivity contribution in [3.63, 3.8) is 0 Å². The molecule has 0 spiro atoms. The quantitative estimate of drug-likeness (QED) is 0.784. The molecule has 2 aromatic heterocycles. The Morgan fingerprint density at radius 2 is 2.22 bits per heavy atom. The molecule has 1 saturated carbocycles. The predicted molar refractivity (Wildman–Crippen MR) is 83.4 cm³/mol. The van der Waals surface area contributed by atoms with Gasteiger partial charge < -0.3 is 11.1 Å². The lowest BCUT2D eigenvalue weighted by Gasteiger charge is -2.25. The van der Waals surface area contributed by atoms with Crippen LogP contribution in [0.5, 0.6) is 0 Å². The maximum absolute atomic E-state index is 14.4. The molecular weight excluding hydrogens is 319 g/mol. The van der Waals surface area contributed by atoms with Crippen molar-refractivity contribution in [2.24, 2.45) is 11.7 Å². The number of nitriles is 1. The minimum Gasteiger partial charge on any atom is -0.361 e. The third-order valence-corrected chi connectivity index (χ3v) is 4.28. The van der Waals surface area contributed by atoms with Crippen LogP contribution in [0.4, 0.5) is 4.39 Å². The van der Waals surface area contributed by atoms with Crippen LogP contribution in [-0.4, -0.2) is 21.3 Å². The van der Waals surface area contributed by atoms with Crippen LogP contribution in [0.2, 0.25) is 5.02 Å². The Labute approximate surface area is 135 Å². The van der Waals surface area contributed by atoms with Gasteiger partial charge in [0.15, 0.2) is 5.65 Å². The maximum Gasteiger partial charge on any atom is 0.181 e. The lowest BCUT2D eigenvalue weighted by atomic mass is 9.93. The number of allylic oxidation sites excluding steroid dienone is 2. The summed E-state index contributed by atoms with van der Waals surface area (Å²) in [6, 6.07) is 3.80. The van der Waals surface area contributed by atoms with Gasteiger partial charge in [-0.3, -0.25) is 5.10 Å². The van der Waals surface area contributed by atoms with E-state index in [9.17, 15) is 9.65 Å². The highest BCUT2D eigenvalue weighted by atomic mass is 35.5. The molecule has 1 aliphatic carbocycles. The summed E-state index contributed by atoms with van der Waals surface area (Å²) in [6.07, 6.45) is 2.24. The van der Waals surface area contributed by atoms with Gasteiger partial charge in [0.25, 0.3) is 0 Å². The number of dihydropyridines is 1. The number of fused-ring (bicyclic) bond motifs is 1. The van der Waals surface area contributed by atoms with E-state index in [-0.39, 0.29) is 11.5 Å². The van der Waals surface area contributed by atoms with Crippen LogP contribution in [0.1, 0.15) is 18.5 Å². The standard InChI is InChI=1S/C15H12ClFN6/c16-7-3-8-13(22-23-15(8)20-5-7)12-9(4-18)10(6-1-2-6)11(17)14(19)21-12/h3,5-6,14,21H,1-2,19H2,(H,20,22,23). The Bertz CT molecular complexity index is 918. The number of hydrogen-bond acceptors (Lipinski definition) is 5. The molecule has 3 heterocycles. The van der Waals surface area contributed by atoms with E-state index < -0.39 is 12.0 Å². The van der Waals surface area contributed by atoms with Crippen molar-refractivity contribution in [2.75, 3.05) is 0 Å². The topological polar surface area (TPSA) is 103 Å². The summed E-state index contributed by atoms with van der Waals surface area (Å²) in [5.74, 6) is -0.406. The second kappa shape index (κ2) is 5.05. The third-order valence-electron chi connectivity index (χ3n) is 4.07. The van der Waals surface area contributed by atoms with E-state index >= 15 is 0 Å². The monoisotopic (exact) mass is 330 g/mol. The lowest BCUT2D eigenvalue weighted by Crippen LogP contribution is -2.41. The van der Waals surface area contributed by atoms with E-state index in [1.807, 2.05) is 0 Å². The second-order valence-corrected chi connectivity index (χ2v) is 6.08. The molecule has 4 N–H and O–H groups in total. The van der Waals surface area contributed by atoms with Crippen molar-refractivity contribution < 1.29 is 4.39 Å². The number of nitrogens with zero attached hydrogens (tertiary/aromatic N) is 3. The molecule has 0 radical (unpaired) electrons. The first-order chi connectivity index (χ1) is 11.1. The zero-order valence-electron chi connectivity index (χ0n) is 11.9. The van der Waals surface area contributed by atoms with Crippen LogP contribution in [0.15, 0.2) is 29.2 Å². The van der Waals surface area contributed by atoms with Crippen molar-refractivity contribution in [1.82, 2.24) is 20.5 Å². The lowest BCUT2D eigenvalue weighted by molar-refractivity contribution is 0.495. The number of hydrogen-bond donors (Lipinski definition) is 3. The van der Waals surface area contributed by atoms with Crippen molar-refractivity contribution in [3.05, 3.63) is 40.0 Å². The Kier molecular flexibility index (Phi) is 3.11. The van der Waals surface area contributed by atoms with Crippen LogP contribution < -0.4 is 11.1 Å². The van der Waals surface area contributed by atoms with Gasteiger partial charge in [-0.05, 0) is 24.8 Å². The number of aromatic amines is 1. The highest BCUT2D eigenvalue weighted by Gasteiger charge is 2.38. The molecule has 23 heavy (non-hydrogen) atoms. The smallest absolute Gasteiger partial charge is 0.181 e. The SMILES string of the molecule is N#CC1=C(c2[nH]nc3ncc(Cl)cc23)NC(N)C(F)=C1C1CC1. The molecule has 0 aromatic carbocycles. The van der Waals surface area contributed by atoms with Crippen molar-refractivity contribution in [2.45, 2.75) is 19.0 Å². The van der Waals surface area contributed by atoms with Gasteiger partial charge in [0.1, 0.15) is 18.1 Å².